The van der Waals surface area contributed by atoms with Gasteiger partial charge >= 0.3 is 5.97 Å². The molecule has 1 saturated heterocycles. The molecule has 3 heteroatoms. The van der Waals surface area contributed by atoms with E-state index in [-0.39, 0.29) is 28.6 Å². The predicted octanol–water partition coefficient (Wildman–Crippen LogP) is 4.06. The molecule has 6 atom stereocenters. The first kappa shape index (κ1) is 15.4. The third-order valence-corrected chi connectivity index (χ3v) is 8.23. The number of ketones is 1. The van der Waals surface area contributed by atoms with Crippen LogP contribution >= 0.6 is 0 Å². The number of carbonyl (C=O) groups is 2. The number of allylic oxidation sites excluding steroid dienone is 1. The van der Waals surface area contributed by atoms with Gasteiger partial charge in [0.05, 0.1) is 5.41 Å². The van der Waals surface area contributed by atoms with Crippen molar-refractivity contribution in [1.29, 1.82) is 0 Å². The number of esters is 1. The van der Waals surface area contributed by atoms with Crippen LogP contribution in [0.5, 0.6) is 0 Å². The summed E-state index contributed by atoms with van der Waals surface area (Å²) in [6, 6.07) is 0. The van der Waals surface area contributed by atoms with E-state index in [1.165, 1.54) is 0 Å². The minimum absolute atomic E-state index is 0.00347. The highest BCUT2D eigenvalue weighted by Gasteiger charge is 2.75. The topological polar surface area (TPSA) is 43.4 Å². The lowest BCUT2D eigenvalue weighted by molar-refractivity contribution is -0.202. The number of rotatable bonds is 1. The maximum absolute atomic E-state index is 13.1. The van der Waals surface area contributed by atoms with E-state index in [2.05, 4.69) is 20.4 Å². The Labute approximate surface area is 138 Å². The number of hydrogen-bond acceptors (Lipinski definition) is 3. The van der Waals surface area contributed by atoms with Crippen LogP contribution in [0.15, 0.2) is 12.7 Å². The number of hydrogen-bond donors (Lipinski definition) is 0. The molecule has 4 fully saturated rings. The fraction of sp³-hybridized carbons (Fsp3) is 0.800. The summed E-state index contributed by atoms with van der Waals surface area (Å²) < 4.78 is 6.19. The fourth-order valence-corrected chi connectivity index (χ4v) is 6.44. The van der Waals surface area contributed by atoms with Gasteiger partial charge in [-0.05, 0) is 50.9 Å². The molecule has 4 aliphatic rings. The van der Waals surface area contributed by atoms with Crippen molar-refractivity contribution in [2.45, 2.75) is 71.3 Å². The lowest BCUT2D eigenvalue weighted by Crippen LogP contribution is -2.65. The Morgan fingerprint density at radius 3 is 2.57 bits per heavy atom. The van der Waals surface area contributed by atoms with Crippen LogP contribution in [0, 0.1) is 28.1 Å². The van der Waals surface area contributed by atoms with Gasteiger partial charge in [0, 0.05) is 23.7 Å². The Morgan fingerprint density at radius 2 is 1.87 bits per heavy atom. The molecule has 0 spiro atoms. The first-order chi connectivity index (χ1) is 10.7. The molecule has 3 saturated carbocycles. The normalized spacial score (nSPS) is 54.9. The van der Waals surface area contributed by atoms with Crippen LogP contribution in [0.3, 0.4) is 0 Å². The molecule has 0 aromatic rings. The average molecular weight is 316 g/mol. The minimum atomic E-state index is -0.443. The second-order valence-electron chi connectivity index (χ2n) is 9.31. The van der Waals surface area contributed by atoms with Crippen LogP contribution < -0.4 is 0 Å². The summed E-state index contributed by atoms with van der Waals surface area (Å²) in [4.78, 5) is 25.8. The van der Waals surface area contributed by atoms with E-state index in [0.29, 0.717) is 12.2 Å². The smallest absolute Gasteiger partial charge is 0.312 e. The molecule has 0 radical (unpaired) electrons. The molecule has 3 aliphatic carbocycles. The first-order valence-corrected chi connectivity index (χ1v) is 9.11. The fourth-order valence-electron chi connectivity index (χ4n) is 6.44. The van der Waals surface area contributed by atoms with Gasteiger partial charge in [0.1, 0.15) is 11.4 Å². The van der Waals surface area contributed by atoms with Gasteiger partial charge in [-0.3, -0.25) is 9.59 Å². The van der Waals surface area contributed by atoms with Crippen LogP contribution in [0.25, 0.3) is 0 Å². The quantitative estimate of drug-likeness (QED) is 0.541. The Hall–Kier alpha value is -1.12. The molecular weight excluding hydrogens is 288 g/mol. The zero-order chi connectivity index (χ0) is 16.7. The molecule has 1 heterocycles. The van der Waals surface area contributed by atoms with Crippen LogP contribution in [0.2, 0.25) is 0 Å². The highest BCUT2D eigenvalue weighted by molar-refractivity contribution is 5.89. The standard InChI is InChI=1S/C20H28O3/c1-5-17(2)9-10-19(4)13(12-17)14(21)11-15-18(3)7-6-8-20(15,19)23-16(18)22/h5,13,15H,1,6-12H2,2-4H3/t13?,15?,17-,18-,19-,20-/m1/s1. The average Bonchev–Trinajstić information content (AvgIpc) is 2.64. The molecule has 3 nitrogen and oxygen atoms in total. The SMILES string of the molecule is C=C[C@]1(C)CC[C@]2(C)C(C1)C(=O)CC1[C@@]3(C)CCC[C@@]12OC3=O. The summed E-state index contributed by atoms with van der Waals surface area (Å²) in [7, 11) is 0. The first-order valence-electron chi connectivity index (χ1n) is 9.11. The minimum Gasteiger partial charge on any atom is -0.458 e. The second kappa shape index (κ2) is 4.29. The van der Waals surface area contributed by atoms with Gasteiger partial charge in [-0.1, -0.05) is 19.9 Å². The zero-order valence-electron chi connectivity index (χ0n) is 14.6. The second-order valence-corrected chi connectivity index (χ2v) is 9.31. The Kier molecular flexibility index (Phi) is 2.87. The zero-order valence-corrected chi connectivity index (χ0v) is 14.6. The van der Waals surface area contributed by atoms with E-state index in [4.69, 9.17) is 4.74 Å². The third-order valence-electron chi connectivity index (χ3n) is 8.23. The predicted molar refractivity (Wildman–Crippen MR) is 87.6 cm³/mol. The number of Topliss-reactive ketones (excluding diaryl/α,β-unsaturated/α-hetero) is 1. The van der Waals surface area contributed by atoms with Gasteiger partial charge in [0.2, 0.25) is 0 Å². The van der Waals surface area contributed by atoms with E-state index in [0.717, 1.165) is 38.5 Å². The van der Waals surface area contributed by atoms with Gasteiger partial charge in [0.25, 0.3) is 0 Å². The highest BCUT2D eigenvalue weighted by Crippen LogP contribution is 2.70. The third kappa shape index (κ3) is 1.62. The summed E-state index contributed by atoms with van der Waals surface area (Å²) in [6.45, 7) is 10.5. The molecule has 0 aromatic carbocycles. The van der Waals surface area contributed by atoms with E-state index in [1.54, 1.807) is 0 Å². The summed E-state index contributed by atoms with van der Waals surface area (Å²) in [5.41, 5.74) is -1.02. The maximum Gasteiger partial charge on any atom is 0.312 e. The van der Waals surface area contributed by atoms with Crippen LogP contribution in [0.4, 0.5) is 0 Å². The van der Waals surface area contributed by atoms with Crippen LogP contribution in [-0.2, 0) is 14.3 Å². The number of ether oxygens (including phenoxy) is 1. The van der Waals surface area contributed by atoms with Crippen molar-refractivity contribution in [1.82, 2.24) is 0 Å². The van der Waals surface area contributed by atoms with Crippen LogP contribution in [0.1, 0.15) is 65.7 Å². The summed E-state index contributed by atoms with van der Waals surface area (Å²) in [5.74, 6) is 0.390. The lowest BCUT2D eigenvalue weighted by Gasteiger charge is -2.61. The molecule has 4 rings (SSSR count). The number of fused-ring (bicyclic) bond motifs is 1. The van der Waals surface area contributed by atoms with Gasteiger partial charge in [-0.2, -0.15) is 0 Å². The van der Waals surface area contributed by atoms with Crippen molar-refractivity contribution >= 4 is 11.8 Å². The molecule has 0 amide bonds. The molecule has 126 valence electrons. The van der Waals surface area contributed by atoms with Crippen molar-refractivity contribution in [3.8, 4) is 0 Å². The molecule has 1 aliphatic heterocycles. The molecule has 2 bridgehead atoms. The van der Waals surface area contributed by atoms with Gasteiger partial charge in [-0.25, -0.2) is 0 Å². The highest BCUT2D eigenvalue weighted by atomic mass is 16.6. The van der Waals surface area contributed by atoms with E-state index in [9.17, 15) is 9.59 Å². The van der Waals surface area contributed by atoms with Crippen LogP contribution in [-0.4, -0.2) is 17.4 Å². The van der Waals surface area contributed by atoms with Gasteiger partial charge in [0.15, 0.2) is 0 Å². The Balaban J connectivity index is 1.83. The van der Waals surface area contributed by atoms with E-state index < -0.39 is 11.0 Å². The van der Waals surface area contributed by atoms with Gasteiger partial charge < -0.3 is 4.74 Å². The van der Waals surface area contributed by atoms with Crippen molar-refractivity contribution in [3.63, 3.8) is 0 Å². The Morgan fingerprint density at radius 1 is 1.13 bits per heavy atom. The monoisotopic (exact) mass is 316 g/mol. The molecule has 0 N–H and O–H groups in total. The van der Waals surface area contributed by atoms with Gasteiger partial charge in [-0.15, -0.1) is 6.58 Å². The summed E-state index contributed by atoms with van der Waals surface area (Å²) in [6.07, 6.45) is 8.22. The number of carbonyl (C=O) groups excluding carboxylic acids is 2. The lowest BCUT2D eigenvalue weighted by atomic mass is 9.42. The van der Waals surface area contributed by atoms with Crippen molar-refractivity contribution in [2.24, 2.45) is 28.1 Å². The maximum atomic E-state index is 13.1. The van der Waals surface area contributed by atoms with Crippen molar-refractivity contribution in [3.05, 3.63) is 12.7 Å². The molecule has 0 aromatic heterocycles. The van der Waals surface area contributed by atoms with Crippen molar-refractivity contribution < 1.29 is 14.3 Å². The van der Waals surface area contributed by atoms with E-state index in [1.807, 2.05) is 13.0 Å². The summed E-state index contributed by atoms with van der Waals surface area (Å²) in [5, 5.41) is 0. The molecule has 23 heavy (non-hydrogen) atoms. The molecular formula is C20H28O3. The molecule has 2 unspecified atom stereocenters. The Bertz CT molecular complexity index is 610. The van der Waals surface area contributed by atoms with Crippen molar-refractivity contribution in [2.75, 3.05) is 0 Å². The summed E-state index contributed by atoms with van der Waals surface area (Å²) >= 11 is 0. The largest absolute Gasteiger partial charge is 0.458 e. The van der Waals surface area contributed by atoms with E-state index >= 15 is 0 Å².